The van der Waals surface area contributed by atoms with Crippen molar-refractivity contribution in [2.24, 2.45) is 5.73 Å². The predicted molar refractivity (Wildman–Crippen MR) is 77.6 cm³/mol. The number of hydrogen-bond donors (Lipinski definition) is 1. The molecule has 0 bridgehead atoms. The molecule has 1 aliphatic heterocycles. The molecule has 23 heavy (non-hydrogen) atoms. The van der Waals surface area contributed by atoms with Gasteiger partial charge in [0, 0.05) is 31.7 Å². The Balaban J connectivity index is 2.04. The van der Waals surface area contributed by atoms with Crippen molar-refractivity contribution in [2.75, 3.05) is 26.2 Å². The van der Waals surface area contributed by atoms with Gasteiger partial charge in [0.15, 0.2) is 0 Å². The molecular weight excluding hydrogens is 311 g/mol. The minimum atomic E-state index is -4.49. The Morgan fingerprint density at radius 1 is 1.13 bits per heavy atom. The number of amides is 2. The molecule has 1 atom stereocenters. The van der Waals surface area contributed by atoms with Crippen molar-refractivity contribution >= 4 is 11.8 Å². The molecule has 0 spiro atoms. The second-order valence-corrected chi connectivity index (χ2v) is 5.48. The second kappa shape index (κ2) is 6.57. The van der Waals surface area contributed by atoms with Crippen LogP contribution in [-0.2, 0) is 11.0 Å². The van der Waals surface area contributed by atoms with Crippen LogP contribution in [0, 0.1) is 0 Å². The Hall–Kier alpha value is -2.09. The number of halogens is 3. The molecular formula is C15H18F3N3O2. The molecule has 1 saturated heterocycles. The van der Waals surface area contributed by atoms with Crippen LogP contribution in [0.5, 0.6) is 0 Å². The van der Waals surface area contributed by atoms with E-state index in [0.717, 1.165) is 12.1 Å². The summed E-state index contributed by atoms with van der Waals surface area (Å²) in [6, 6.07) is 3.74. The van der Waals surface area contributed by atoms with Gasteiger partial charge < -0.3 is 15.5 Å². The second-order valence-electron chi connectivity index (χ2n) is 5.48. The van der Waals surface area contributed by atoms with Crippen molar-refractivity contribution in [3.8, 4) is 0 Å². The van der Waals surface area contributed by atoms with Crippen molar-refractivity contribution in [2.45, 2.75) is 19.1 Å². The van der Waals surface area contributed by atoms with E-state index < -0.39 is 23.7 Å². The zero-order chi connectivity index (χ0) is 17.2. The number of carbonyl (C=O) groups excluding carboxylic acids is 2. The largest absolute Gasteiger partial charge is 0.416 e. The Kier molecular flexibility index (Phi) is 4.93. The van der Waals surface area contributed by atoms with E-state index in [-0.39, 0.29) is 24.6 Å². The van der Waals surface area contributed by atoms with E-state index in [9.17, 15) is 22.8 Å². The van der Waals surface area contributed by atoms with E-state index in [2.05, 4.69) is 0 Å². The number of nitrogens with two attached hydrogens (primary N) is 1. The number of nitrogens with zero attached hydrogens (tertiary/aromatic N) is 2. The number of piperazine rings is 1. The molecule has 1 aliphatic rings. The third-order valence-electron chi connectivity index (χ3n) is 3.70. The maximum atomic E-state index is 12.7. The van der Waals surface area contributed by atoms with Gasteiger partial charge in [0.1, 0.15) is 0 Å². The molecule has 0 radical (unpaired) electrons. The van der Waals surface area contributed by atoms with E-state index >= 15 is 0 Å². The highest BCUT2D eigenvalue weighted by Gasteiger charge is 2.32. The summed E-state index contributed by atoms with van der Waals surface area (Å²) in [5, 5.41) is 0. The summed E-state index contributed by atoms with van der Waals surface area (Å²) < 4.78 is 38.1. The topological polar surface area (TPSA) is 66.6 Å². The quantitative estimate of drug-likeness (QED) is 0.890. The first-order valence-corrected chi connectivity index (χ1v) is 7.21. The van der Waals surface area contributed by atoms with E-state index in [1.807, 2.05) is 0 Å². The van der Waals surface area contributed by atoms with Crippen LogP contribution in [0.4, 0.5) is 13.2 Å². The highest BCUT2D eigenvalue weighted by Crippen LogP contribution is 2.29. The Bertz CT molecular complexity index is 594. The van der Waals surface area contributed by atoms with Gasteiger partial charge in [0.05, 0.1) is 11.6 Å². The summed E-state index contributed by atoms with van der Waals surface area (Å²) in [6.45, 7) is 2.78. The van der Waals surface area contributed by atoms with E-state index in [1.54, 1.807) is 11.8 Å². The third kappa shape index (κ3) is 4.01. The number of rotatable bonds is 2. The average Bonchev–Trinajstić information content (AvgIpc) is 2.53. The van der Waals surface area contributed by atoms with Crippen LogP contribution in [0.3, 0.4) is 0 Å². The van der Waals surface area contributed by atoms with Crippen LogP contribution in [0.2, 0.25) is 0 Å². The first kappa shape index (κ1) is 17.3. The zero-order valence-electron chi connectivity index (χ0n) is 12.6. The van der Waals surface area contributed by atoms with Gasteiger partial charge >= 0.3 is 6.18 Å². The molecule has 0 aromatic heterocycles. The fourth-order valence-electron chi connectivity index (χ4n) is 2.43. The van der Waals surface area contributed by atoms with Crippen molar-refractivity contribution in [1.82, 2.24) is 9.80 Å². The zero-order valence-corrected chi connectivity index (χ0v) is 12.6. The molecule has 1 aromatic carbocycles. The van der Waals surface area contributed by atoms with Gasteiger partial charge in [0.2, 0.25) is 5.91 Å². The van der Waals surface area contributed by atoms with Gasteiger partial charge in [0.25, 0.3) is 5.91 Å². The Morgan fingerprint density at radius 2 is 1.70 bits per heavy atom. The lowest BCUT2D eigenvalue weighted by atomic mass is 10.1. The van der Waals surface area contributed by atoms with Gasteiger partial charge in [-0.1, -0.05) is 6.07 Å². The number of benzene rings is 1. The van der Waals surface area contributed by atoms with Crippen LogP contribution in [0.25, 0.3) is 0 Å². The molecule has 1 heterocycles. The van der Waals surface area contributed by atoms with Crippen molar-refractivity contribution in [3.05, 3.63) is 35.4 Å². The summed E-state index contributed by atoms with van der Waals surface area (Å²) in [6.07, 6.45) is -4.49. The lowest BCUT2D eigenvalue weighted by Crippen LogP contribution is -2.53. The minimum absolute atomic E-state index is 0.00760. The molecule has 8 heteroatoms. The van der Waals surface area contributed by atoms with Gasteiger partial charge in [-0.05, 0) is 25.1 Å². The summed E-state index contributed by atoms with van der Waals surface area (Å²) in [7, 11) is 0. The molecule has 1 fully saturated rings. The Morgan fingerprint density at radius 3 is 2.22 bits per heavy atom. The molecule has 2 amide bonds. The fraction of sp³-hybridized carbons (Fsp3) is 0.467. The van der Waals surface area contributed by atoms with Crippen LogP contribution < -0.4 is 5.73 Å². The predicted octanol–water partition coefficient (Wildman–Crippen LogP) is 1.34. The van der Waals surface area contributed by atoms with Crippen LogP contribution in [-0.4, -0.2) is 53.8 Å². The number of hydrogen-bond acceptors (Lipinski definition) is 3. The molecule has 0 aliphatic carbocycles. The summed E-state index contributed by atoms with van der Waals surface area (Å²) >= 11 is 0. The fourth-order valence-corrected chi connectivity index (χ4v) is 2.43. The van der Waals surface area contributed by atoms with Crippen LogP contribution >= 0.6 is 0 Å². The summed E-state index contributed by atoms with van der Waals surface area (Å²) in [5.41, 5.74) is 4.67. The first-order chi connectivity index (χ1) is 10.7. The third-order valence-corrected chi connectivity index (χ3v) is 3.70. The Labute approximate surface area is 131 Å². The molecule has 2 N–H and O–H groups in total. The van der Waals surface area contributed by atoms with Crippen LogP contribution in [0.1, 0.15) is 22.8 Å². The summed E-state index contributed by atoms with van der Waals surface area (Å²) in [5.74, 6) is -0.667. The van der Waals surface area contributed by atoms with Crippen molar-refractivity contribution in [1.29, 1.82) is 0 Å². The van der Waals surface area contributed by atoms with E-state index in [1.165, 1.54) is 17.0 Å². The van der Waals surface area contributed by atoms with E-state index in [4.69, 9.17) is 5.73 Å². The standard InChI is InChI=1S/C15H18F3N3O2/c1-10(19)13(22)20-5-7-21(8-6-20)14(23)11-3-2-4-12(9-11)15(16,17)18/h2-4,9-10H,5-8,19H2,1H3. The smallest absolute Gasteiger partial charge is 0.338 e. The number of carbonyl (C=O) groups is 2. The molecule has 1 unspecified atom stereocenters. The molecule has 5 nitrogen and oxygen atoms in total. The maximum Gasteiger partial charge on any atom is 0.416 e. The lowest BCUT2D eigenvalue weighted by Gasteiger charge is -2.35. The average molecular weight is 329 g/mol. The SMILES string of the molecule is CC(N)C(=O)N1CCN(C(=O)c2cccc(C(F)(F)F)c2)CC1. The molecule has 0 saturated carbocycles. The highest BCUT2D eigenvalue weighted by molar-refractivity contribution is 5.94. The molecule has 126 valence electrons. The minimum Gasteiger partial charge on any atom is -0.338 e. The van der Waals surface area contributed by atoms with Gasteiger partial charge in [-0.25, -0.2) is 0 Å². The lowest BCUT2D eigenvalue weighted by molar-refractivity contribution is -0.137. The maximum absolute atomic E-state index is 12.7. The van der Waals surface area contributed by atoms with Gasteiger partial charge in [-0.2, -0.15) is 13.2 Å². The van der Waals surface area contributed by atoms with Gasteiger partial charge in [-0.15, -0.1) is 0 Å². The molecule has 2 rings (SSSR count). The summed E-state index contributed by atoms with van der Waals surface area (Å²) in [4.78, 5) is 27.1. The normalized spacial score (nSPS) is 17.1. The highest BCUT2D eigenvalue weighted by atomic mass is 19.4. The number of alkyl halides is 3. The van der Waals surface area contributed by atoms with Crippen molar-refractivity contribution < 1.29 is 22.8 Å². The van der Waals surface area contributed by atoms with E-state index in [0.29, 0.717) is 13.1 Å². The molecule has 1 aromatic rings. The van der Waals surface area contributed by atoms with Crippen LogP contribution in [0.15, 0.2) is 24.3 Å². The van der Waals surface area contributed by atoms with Gasteiger partial charge in [-0.3, -0.25) is 9.59 Å². The van der Waals surface area contributed by atoms with Crippen molar-refractivity contribution in [3.63, 3.8) is 0 Å². The first-order valence-electron chi connectivity index (χ1n) is 7.21. The monoisotopic (exact) mass is 329 g/mol.